The molecule has 2 aromatic rings. The number of carbonyl (C=O) groups excluding carboxylic acids is 1. The number of aromatic nitrogens is 1. The van der Waals surface area contributed by atoms with E-state index in [1.54, 1.807) is 24.6 Å². The van der Waals surface area contributed by atoms with E-state index in [-0.39, 0.29) is 5.91 Å². The molecule has 3 heterocycles. The number of hydrogen-bond acceptors (Lipinski definition) is 5. The Kier molecular flexibility index (Phi) is 7.86. The fourth-order valence-electron chi connectivity index (χ4n) is 3.32. The molecule has 0 spiro atoms. The van der Waals surface area contributed by atoms with Crippen molar-refractivity contribution in [2.24, 2.45) is 4.99 Å². The summed E-state index contributed by atoms with van der Waals surface area (Å²) in [7, 11) is 1.75. The Morgan fingerprint density at radius 1 is 1.24 bits per heavy atom. The van der Waals surface area contributed by atoms with Gasteiger partial charge in [0, 0.05) is 58.9 Å². The fourth-order valence-corrected chi connectivity index (χ4v) is 4.10. The van der Waals surface area contributed by atoms with Gasteiger partial charge < -0.3 is 20.4 Å². The highest BCUT2D eigenvalue weighted by atomic mass is 32.1. The number of aliphatic imine (C=N–C) groups is 1. The van der Waals surface area contributed by atoms with Crippen molar-refractivity contribution in [1.29, 1.82) is 0 Å². The van der Waals surface area contributed by atoms with Crippen molar-refractivity contribution in [3.05, 3.63) is 46.8 Å². The lowest BCUT2D eigenvalue weighted by molar-refractivity contribution is -0.131. The largest absolute Gasteiger partial charge is 0.356 e. The van der Waals surface area contributed by atoms with Crippen LogP contribution in [0.15, 0.2) is 46.2 Å². The molecule has 29 heavy (non-hydrogen) atoms. The van der Waals surface area contributed by atoms with Crippen LogP contribution in [0.2, 0.25) is 0 Å². The number of nitrogens with zero attached hydrogens (tertiary/aromatic N) is 4. The highest BCUT2D eigenvalue weighted by Crippen LogP contribution is 2.17. The van der Waals surface area contributed by atoms with E-state index < -0.39 is 0 Å². The van der Waals surface area contributed by atoms with E-state index in [2.05, 4.69) is 49.3 Å². The second-order valence-corrected chi connectivity index (χ2v) is 7.92. The number of amides is 1. The van der Waals surface area contributed by atoms with Gasteiger partial charge in [0.1, 0.15) is 5.82 Å². The topological polar surface area (TPSA) is 72.9 Å². The molecule has 1 fully saturated rings. The second kappa shape index (κ2) is 10.8. The highest BCUT2D eigenvalue weighted by Gasteiger charge is 2.21. The lowest BCUT2D eigenvalue weighted by atomic mass is 10.1. The summed E-state index contributed by atoms with van der Waals surface area (Å²) >= 11 is 1.72. The lowest BCUT2D eigenvalue weighted by Gasteiger charge is -2.35. The number of hydrogen-bond donors (Lipinski definition) is 2. The lowest BCUT2D eigenvalue weighted by Crippen LogP contribution is -2.49. The Hall–Kier alpha value is -2.61. The Bertz CT molecular complexity index is 772. The van der Waals surface area contributed by atoms with Crippen molar-refractivity contribution in [3.63, 3.8) is 0 Å². The zero-order chi connectivity index (χ0) is 20.5. The zero-order valence-corrected chi connectivity index (χ0v) is 18.0. The summed E-state index contributed by atoms with van der Waals surface area (Å²) < 4.78 is 0. The van der Waals surface area contributed by atoms with Crippen LogP contribution in [0, 0.1) is 0 Å². The molecule has 2 N–H and O–H groups in total. The molecule has 0 aliphatic carbocycles. The maximum absolute atomic E-state index is 12.5. The van der Waals surface area contributed by atoms with E-state index in [1.807, 2.05) is 23.1 Å². The molecule has 0 radical (unpaired) electrons. The number of rotatable bonds is 7. The van der Waals surface area contributed by atoms with Crippen LogP contribution in [-0.2, 0) is 4.79 Å². The monoisotopic (exact) mass is 414 g/mol. The minimum absolute atomic E-state index is 0.181. The van der Waals surface area contributed by atoms with Gasteiger partial charge in [0.05, 0.1) is 0 Å². The molecule has 2 aromatic heterocycles. The van der Waals surface area contributed by atoms with Crippen molar-refractivity contribution >= 4 is 29.0 Å². The van der Waals surface area contributed by atoms with Crippen molar-refractivity contribution in [3.8, 4) is 0 Å². The molecule has 1 aliphatic rings. The number of anilines is 1. The first-order chi connectivity index (χ1) is 14.2. The standard InChI is InChI=1S/C21H30N6OS/c1-17(18-7-14-29-16-18)15-25-21(22-2)24-9-6-20(28)27-12-10-26(11-13-27)19-5-3-4-8-23-19/h3-5,7-8,14,16-17H,6,9-13,15H2,1-2H3,(H2,22,24,25). The maximum atomic E-state index is 12.5. The van der Waals surface area contributed by atoms with E-state index in [4.69, 9.17) is 0 Å². The molecule has 1 amide bonds. The van der Waals surface area contributed by atoms with Crippen LogP contribution in [-0.4, -0.2) is 68.1 Å². The summed E-state index contributed by atoms with van der Waals surface area (Å²) in [6.45, 7) is 6.68. The van der Waals surface area contributed by atoms with Crippen LogP contribution in [0.3, 0.4) is 0 Å². The summed E-state index contributed by atoms with van der Waals surface area (Å²) in [6.07, 6.45) is 2.27. The number of thiophene rings is 1. The van der Waals surface area contributed by atoms with Crippen molar-refractivity contribution in [1.82, 2.24) is 20.5 Å². The van der Waals surface area contributed by atoms with Gasteiger partial charge in [-0.25, -0.2) is 4.98 Å². The van der Waals surface area contributed by atoms with Crippen LogP contribution in [0.25, 0.3) is 0 Å². The van der Waals surface area contributed by atoms with Gasteiger partial charge >= 0.3 is 0 Å². The number of nitrogens with one attached hydrogen (secondary N) is 2. The van der Waals surface area contributed by atoms with E-state index in [0.29, 0.717) is 18.9 Å². The van der Waals surface area contributed by atoms with Gasteiger partial charge in [-0.05, 0) is 40.4 Å². The second-order valence-electron chi connectivity index (χ2n) is 7.14. The maximum Gasteiger partial charge on any atom is 0.224 e. The van der Waals surface area contributed by atoms with Gasteiger partial charge in [-0.3, -0.25) is 9.79 Å². The Labute approximate surface area is 176 Å². The van der Waals surface area contributed by atoms with E-state index in [0.717, 1.165) is 44.5 Å². The third-order valence-corrected chi connectivity index (χ3v) is 5.85. The molecule has 0 aromatic carbocycles. The molecule has 0 bridgehead atoms. The van der Waals surface area contributed by atoms with Gasteiger partial charge in [-0.2, -0.15) is 11.3 Å². The molecule has 3 rings (SSSR count). The van der Waals surface area contributed by atoms with Crippen LogP contribution in [0.4, 0.5) is 5.82 Å². The average molecular weight is 415 g/mol. The molecule has 7 nitrogen and oxygen atoms in total. The highest BCUT2D eigenvalue weighted by molar-refractivity contribution is 7.07. The summed E-state index contributed by atoms with van der Waals surface area (Å²) in [4.78, 5) is 25.3. The molecule has 1 aliphatic heterocycles. The van der Waals surface area contributed by atoms with Crippen molar-refractivity contribution < 1.29 is 4.79 Å². The summed E-state index contributed by atoms with van der Waals surface area (Å²) in [5.74, 6) is 2.31. The summed E-state index contributed by atoms with van der Waals surface area (Å²) in [6, 6.07) is 8.08. The fraction of sp³-hybridized carbons (Fsp3) is 0.476. The Morgan fingerprint density at radius 3 is 2.72 bits per heavy atom. The van der Waals surface area contributed by atoms with Gasteiger partial charge in [0.2, 0.25) is 5.91 Å². The van der Waals surface area contributed by atoms with Crippen LogP contribution in [0.5, 0.6) is 0 Å². The Morgan fingerprint density at radius 2 is 2.07 bits per heavy atom. The number of piperazine rings is 1. The van der Waals surface area contributed by atoms with E-state index in [1.165, 1.54) is 5.56 Å². The smallest absolute Gasteiger partial charge is 0.224 e. The number of carbonyl (C=O) groups is 1. The first-order valence-electron chi connectivity index (χ1n) is 10.1. The Balaban J connectivity index is 1.35. The summed E-state index contributed by atoms with van der Waals surface area (Å²) in [5.41, 5.74) is 1.33. The van der Waals surface area contributed by atoms with E-state index >= 15 is 0 Å². The van der Waals surface area contributed by atoms with Crippen molar-refractivity contribution in [2.45, 2.75) is 19.3 Å². The number of guanidine groups is 1. The van der Waals surface area contributed by atoms with Crippen LogP contribution < -0.4 is 15.5 Å². The minimum Gasteiger partial charge on any atom is -0.356 e. The normalized spacial score (nSPS) is 15.9. The quantitative estimate of drug-likeness (QED) is 0.537. The van der Waals surface area contributed by atoms with Gasteiger partial charge in [0.15, 0.2) is 5.96 Å². The molecule has 1 atom stereocenters. The third kappa shape index (κ3) is 6.19. The molecular weight excluding hydrogens is 384 g/mol. The molecule has 1 saturated heterocycles. The third-order valence-electron chi connectivity index (χ3n) is 5.15. The van der Waals surface area contributed by atoms with Gasteiger partial charge in [-0.1, -0.05) is 13.0 Å². The van der Waals surface area contributed by atoms with Crippen LogP contribution in [0.1, 0.15) is 24.8 Å². The molecule has 156 valence electrons. The van der Waals surface area contributed by atoms with Crippen molar-refractivity contribution in [2.75, 3.05) is 51.2 Å². The summed E-state index contributed by atoms with van der Waals surface area (Å²) in [5, 5.41) is 10.9. The SMILES string of the molecule is CN=C(NCCC(=O)N1CCN(c2ccccn2)CC1)NCC(C)c1ccsc1. The molecular formula is C21H30N6OS. The van der Waals surface area contributed by atoms with Crippen LogP contribution >= 0.6 is 11.3 Å². The predicted octanol–water partition coefficient (Wildman–Crippen LogP) is 2.15. The molecule has 0 saturated carbocycles. The zero-order valence-electron chi connectivity index (χ0n) is 17.2. The average Bonchev–Trinajstić information content (AvgIpc) is 3.31. The first kappa shape index (κ1) is 21.1. The molecule has 8 heteroatoms. The minimum atomic E-state index is 0.181. The molecule has 1 unspecified atom stereocenters. The predicted molar refractivity (Wildman–Crippen MR) is 120 cm³/mol. The first-order valence-corrected chi connectivity index (χ1v) is 11.0. The van der Waals surface area contributed by atoms with Gasteiger partial charge in [0.25, 0.3) is 0 Å². The van der Waals surface area contributed by atoms with Gasteiger partial charge in [-0.15, -0.1) is 0 Å². The number of pyridine rings is 1. The van der Waals surface area contributed by atoms with E-state index in [9.17, 15) is 4.79 Å².